The third-order valence-corrected chi connectivity index (χ3v) is 5.22. The summed E-state index contributed by atoms with van der Waals surface area (Å²) in [6.07, 6.45) is 1.04. The summed E-state index contributed by atoms with van der Waals surface area (Å²) >= 11 is 3.21. The Kier molecular flexibility index (Phi) is 5.51. The summed E-state index contributed by atoms with van der Waals surface area (Å²) in [5.41, 5.74) is 0.169. The van der Waals surface area contributed by atoms with Crippen LogP contribution in [-0.2, 0) is 9.59 Å². The molecule has 1 aromatic carbocycles. The Bertz CT molecular complexity index is 636. The molecular formula is C16H17BrFNO4. The molecule has 1 N–H and O–H groups in total. The SMILES string of the molecule is C[C@@H](C(=O)N1CCC[C@H]1C(=O)O)[C@H](Br)C(=O)c1cccc(F)c1. The number of carboxylic acids is 1. The van der Waals surface area contributed by atoms with Crippen LogP contribution in [0.4, 0.5) is 4.39 Å². The van der Waals surface area contributed by atoms with E-state index in [9.17, 15) is 18.8 Å². The van der Waals surface area contributed by atoms with Crippen LogP contribution in [0, 0.1) is 11.7 Å². The van der Waals surface area contributed by atoms with Crippen molar-refractivity contribution >= 4 is 33.6 Å². The van der Waals surface area contributed by atoms with Crippen LogP contribution in [0.5, 0.6) is 0 Å². The van der Waals surface area contributed by atoms with Gasteiger partial charge >= 0.3 is 5.97 Å². The smallest absolute Gasteiger partial charge is 0.326 e. The quantitative estimate of drug-likeness (QED) is 0.623. The number of carbonyl (C=O) groups is 3. The Hall–Kier alpha value is -1.76. The Morgan fingerprint density at radius 1 is 1.39 bits per heavy atom. The molecular weight excluding hydrogens is 369 g/mol. The third-order valence-electron chi connectivity index (χ3n) is 4.01. The van der Waals surface area contributed by atoms with Gasteiger partial charge in [-0.15, -0.1) is 0 Å². The highest BCUT2D eigenvalue weighted by Gasteiger charge is 2.39. The highest BCUT2D eigenvalue weighted by molar-refractivity contribution is 9.10. The molecule has 1 amide bonds. The maximum Gasteiger partial charge on any atom is 0.326 e. The molecule has 0 aromatic heterocycles. The Morgan fingerprint density at radius 3 is 2.70 bits per heavy atom. The molecule has 5 nitrogen and oxygen atoms in total. The number of Topliss-reactive ketones (excluding diaryl/α,β-unsaturated/α-hetero) is 1. The second-order valence-electron chi connectivity index (χ2n) is 5.59. The average molecular weight is 386 g/mol. The lowest BCUT2D eigenvalue weighted by atomic mass is 9.98. The van der Waals surface area contributed by atoms with E-state index in [2.05, 4.69) is 15.9 Å². The van der Waals surface area contributed by atoms with Gasteiger partial charge in [-0.25, -0.2) is 9.18 Å². The number of amides is 1. The minimum absolute atomic E-state index is 0.169. The maximum atomic E-state index is 13.2. The first-order valence-electron chi connectivity index (χ1n) is 7.30. The number of benzene rings is 1. The molecule has 0 spiro atoms. The molecule has 1 saturated heterocycles. The molecule has 1 aliphatic rings. The van der Waals surface area contributed by atoms with Crippen LogP contribution in [0.3, 0.4) is 0 Å². The summed E-state index contributed by atoms with van der Waals surface area (Å²) < 4.78 is 13.2. The molecule has 0 radical (unpaired) electrons. The van der Waals surface area contributed by atoms with Gasteiger partial charge in [0.1, 0.15) is 11.9 Å². The number of likely N-dealkylation sites (tertiary alicyclic amines) is 1. The predicted molar refractivity (Wildman–Crippen MR) is 85.0 cm³/mol. The number of carbonyl (C=O) groups excluding carboxylic acids is 2. The van der Waals surface area contributed by atoms with Crippen molar-refractivity contribution in [3.63, 3.8) is 0 Å². The van der Waals surface area contributed by atoms with E-state index in [1.165, 1.54) is 23.1 Å². The number of alkyl halides is 1. The lowest BCUT2D eigenvalue weighted by Gasteiger charge is -2.26. The van der Waals surface area contributed by atoms with E-state index in [4.69, 9.17) is 5.11 Å². The largest absolute Gasteiger partial charge is 0.480 e. The van der Waals surface area contributed by atoms with Crippen molar-refractivity contribution in [2.75, 3.05) is 6.54 Å². The van der Waals surface area contributed by atoms with Crippen molar-refractivity contribution in [2.24, 2.45) is 5.92 Å². The summed E-state index contributed by atoms with van der Waals surface area (Å²) in [6, 6.07) is 4.41. The van der Waals surface area contributed by atoms with Crippen LogP contribution in [0.1, 0.15) is 30.1 Å². The fourth-order valence-electron chi connectivity index (χ4n) is 2.70. The minimum Gasteiger partial charge on any atom is -0.480 e. The highest BCUT2D eigenvalue weighted by atomic mass is 79.9. The fraction of sp³-hybridized carbons (Fsp3) is 0.438. The van der Waals surface area contributed by atoms with Crippen molar-refractivity contribution in [3.8, 4) is 0 Å². The minimum atomic E-state index is -1.04. The second kappa shape index (κ2) is 7.21. The van der Waals surface area contributed by atoms with Crippen LogP contribution in [-0.4, -0.2) is 45.1 Å². The summed E-state index contributed by atoms with van der Waals surface area (Å²) in [6.45, 7) is 1.93. The van der Waals surface area contributed by atoms with E-state index in [1.807, 2.05) is 0 Å². The molecule has 3 atom stereocenters. The predicted octanol–water partition coefficient (Wildman–Crippen LogP) is 2.48. The number of carboxylic acid groups (broad SMARTS) is 1. The standard InChI is InChI=1S/C16H17BrFNO4/c1-9(15(21)19-7-3-6-12(19)16(22)23)13(17)14(20)10-4-2-5-11(18)8-10/h2,4-5,8-9,12-13H,3,6-7H2,1H3,(H,22,23)/t9-,12+,13+/m1/s1. The fourth-order valence-corrected chi connectivity index (χ4v) is 3.19. The van der Waals surface area contributed by atoms with Gasteiger partial charge in [-0.05, 0) is 25.0 Å². The van der Waals surface area contributed by atoms with Crippen LogP contribution in [0.25, 0.3) is 0 Å². The van der Waals surface area contributed by atoms with Gasteiger partial charge in [0.05, 0.1) is 10.7 Å². The summed E-state index contributed by atoms with van der Waals surface area (Å²) in [5, 5.41) is 9.16. The number of halogens is 2. The number of hydrogen-bond acceptors (Lipinski definition) is 3. The monoisotopic (exact) mass is 385 g/mol. The van der Waals surface area contributed by atoms with Gasteiger partial charge in [-0.2, -0.15) is 0 Å². The first kappa shape index (κ1) is 17.6. The summed E-state index contributed by atoms with van der Waals surface area (Å²) in [7, 11) is 0. The van der Waals surface area contributed by atoms with Crippen molar-refractivity contribution in [2.45, 2.75) is 30.6 Å². The van der Waals surface area contributed by atoms with Gasteiger partial charge in [0.25, 0.3) is 0 Å². The van der Waals surface area contributed by atoms with E-state index >= 15 is 0 Å². The molecule has 124 valence electrons. The number of aliphatic carboxylic acids is 1. The number of ketones is 1. The average Bonchev–Trinajstić information content (AvgIpc) is 3.01. The molecule has 0 saturated carbocycles. The highest BCUT2D eigenvalue weighted by Crippen LogP contribution is 2.25. The first-order chi connectivity index (χ1) is 10.8. The van der Waals surface area contributed by atoms with Crippen molar-refractivity contribution < 1.29 is 23.9 Å². The molecule has 7 heteroatoms. The molecule has 1 heterocycles. The van der Waals surface area contributed by atoms with Crippen LogP contribution < -0.4 is 0 Å². The second-order valence-corrected chi connectivity index (χ2v) is 6.58. The number of nitrogens with zero attached hydrogens (tertiary/aromatic N) is 1. The van der Waals surface area contributed by atoms with E-state index in [-0.39, 0.29) is 11.5 Å². The molecule has 1 fully saturated rings. The number of rotatable bonds is 5. The lowest BCUT2D eigenvalue weighted by molar-refractivity contribution is -0.149. The maximum absolute atomic E-state index is 13.2. The molecule has 0 unspecified atom stereocenters. The van der Waals surface area contributed by atoms with E-state index < -0.39 is 34.4 Å². The Labute approximate surface area is 141 Å². The van der Waals surface area contributed by atoms with Crippen molar-refractivity contribution in [3.05, 3.63) is 35.6 Å². The first-order valence-corrected chi connectivity index (χ1v) is 8.21. The van der Waals surface area contributed by atoms with Gasteiger partial charge in [-0.1, -0.05) is 35.0 Å². The van der Waals surface area contributed by atoms with Gasteiger partial charge in [0.15, 0.2) is 5.78 Å². The van der Waals surface area contributed by atoms with E-state index in [0.717, 1.165) is 6.07 Å². The zero-order valence-electron chi connectivity index (χ0n) is 12.5. The lowest BCUT2D eigenvalue weighted by Crippen LogP contribution is -2.45. The van der Waals surface area contributed by atoms with Crippen LogP contribution >= 0.6 is 15.9 Å². The van der Waals surface area contributed by atoms with Crippen LogP contribution in [0.15, 0.2) is 24.3 Å². The summed E-state index contributed by atoms with van der Waals surface area (Å²) in [4.78, 5) is 36.5. The van der Waals surface area contributed by atoms with Crippen molar-refractivity contribution in [1.82, 2.24) is 4.90 Å². The van der Waals surface area contributed by atoms with Gasteiger partial charge in [0, 0.05) is 12.1 Å². The van der Waals surface area contributed by atoms with Crippen LogP contribution in [0.2, 0.25) is 0 Å². The Balaban J connectivity index is 2.12. The zero-order valence-corrected chi connectivity index (χ0v) is 14.1. The van der Waals surface area contributed by atoms with Gasteiger partial charge in [0.2, 0.25) is 5.91 Å². The zero-order chi connectivity index (χ0) is 17.1. The molecule has 2 rings (SSSR count). The van der Waals surface area contributed by atoms with Crippen molar-refractivity contribution in [1.29, 1.82) is 0 Å². The normalized spacial score (nSPS) is 20.1. The van der Waals surface area contributed by atoms with Gasteiger partial charge in [-0.3, -0.25) is 9.59 Å². The van der Waals surface area contributed by atoms with E-state index in [1.54, 1.807) is 6.92 Å². The molecule has 0 bridgehead atoms. The molecule has 1 aromatic rings. The number of hydrogen-bond donors (Lipinski definition) is 1. The topological polar surface area (TPSA) is 74.7 Å². The summed E-state index contributed by atoms with van der Waals surface area (Å²) in [5.74, 6) is -3.10. The molecule has 0 aliphatic carbocycles. The molecule has 23 heavy (non-hydrogen) atoms. The van der Waals surface area contributed by atoms with E-state index in [0.29, 0.717) is 19.4 Å². The molecule has 1 aliphatic heterocycles. The Morgan fingerprint density at radius 2 is 2.09 bits per heavy atom. The third kappa shape index (κ3) is 3.77. The van der Waals surface area contributed by atoms with Gasteiger partial charge < -0.3 is 10.0 Å².